The monoisotopic (exact) mass is 237 g/mol. The Bertz CT molecular complexity index is 551. The molecule has 0 bridgehead atoms. The molecular formula is C9H8ClN5O. The van der Waals surface area contributed by atoms with Crippen LogP contribution in [0.25, 0.3) is 11.4 Å². The molecule has 0 saturated heterocycles. The molecule has 0 aliphatic carbocycles. The number of nitrogens with zero attached hydrogens (tertiary/aromatic N) is 5. The van der Waals surface area contributed by atoms with Crippen LogP contribution in [0.1, 0.15) is 16.2 Å². The predicted molar refractivity (Wildman–Crippen MR) is 57.2 cm³/mol. The predicted octanol–water partition coefficient (Wildman–Crippen LogP) is 1.05. The standard InChI is InChI=1S/C9H8ClN5O/c1-5-12-8(6(4-16)9(10)13-5)7-3-11-14-15(7)2/h3-4H,1-2H3. The van der Waals surface area contributed by atoms with Crippen molar-refractivity contribution in [3.63, 3.8) is 0 Å². The van der Waals surface area contributed by atoms with Gasteiger partial charge in [-0.05, 0) is 6.92 Å². The summed E-state index contributed by atoms with van der Waals surface area (Å²) in [6, 6.07) is 0. The molecule has 6 nitrogen and oxygen atoms in total. The van der Waals surface area contributed by atoms with Crippen molar-refractivity contribution in [2.45, 2.75) is 6.92 Å². The van der Waals surface area contributed by atoms with Gasteiger partial charge in [0.15, 0.2) is 6.29 Å². The molecule has 0 unspecified atom stereocenters. The second-order valence-corrected chi connectivity index (χ2v) is 3.54. The second kappa shape index (κ2) is 3.97. The lowest BCUT2D eigenvalue weighted by Crippen LogP contribution is -2.03. The van der Waals surface area contributed by atoms with Crippen molar-refractivity contribution in [3.05, 3.63) is 22.7 Å². The maximum Gasteiger partial charge on any atom is 0.155 e. The third-order valence-electron chi connectivity index (χ3n) is 2.09. The summed E-state index contributed by atoms with van der Waals surface area (Å²) >= 11 is 5.87. The van der Waals surface area contributed by atoms with Crippen LogP contribution in [0.15, 0.2) is 6.20 Å². The SMILES string of the molecule is Cc1nc(Cl)c(C=O)c(-c2cnnn2C)n1. The Morgan fingerprint density at radius 1 is 1.44 bits per heavy atom. The van der Waals surface area contributed by atoms with Gasteiger partial charge >= 0.3 is 0 Å². The van der Waals surface area contributed by atoms with Crippen LogP contribution in [0, 0.1) is 6.92 Å². The Balaban J connectivity index is 2.73. The highest BCUT2D eigenvalue weighted by molar-refractivity contribution is 6.32. The average Bonchev–Trinajstić information content (AvgIpc) is 2.63. The molecule has 0 atom stereocenters. The number of halogens is 1. The molecule has 2 aromatic rings. The maximum atomic E-state index is 11.0. The van der Waals surface area contributed by atoms with Gasteiger partial charge in [-0.25, -0.2) is 14.6 Å². The third kappa shape index (κ3) is 1.67. The molecule has 0 aliphatic rings. The molecule has 0 radical (unpaired) electrons. The lowest BCUT2D eigenvalue weighted by atomic mass is 10.2. The number of hydrogen-bond acceptors (Lipinski definition) is 5. The van der Waals surface area contributed by atoms with E-state index in [0.29, 0.717) is 23.5 Å². The number of aromatic nitrogens is 5. The first-order chi connectivity index (χ1) is 7.63. The van der Waals surface area contributed by atoms with E-state index < -0.39 is 0 Å². The maximum absolute atomic E-state index is 11.0. The Labute approximate surface area is 96.3 Å². The second-order valence-electron chi connectivity index (χ2n) is 3.18. The summed E-state index contributed by atoms with van der Waals surface area (Å²) in [6.45, 7) is 1.70. The Kier molecular flexibility index (Phi) is 2.66. The molecule has 0 fully saturated rings. The third-order valence-corrected chi connectivity index (χ3v) is 2.37. The van der Waals surface area contributed by atoms with Crippen molar-refractivity contribution in [2.75, 3.05) is 0 Å². The minimum atomic E-state index is 0.138. The Hall–Kier alpha value is -1.82. The number of hydrogen-bond donors (Lipinski definition) is 0. The molecular weight excluding hydrogens is 230 g/mol. The highest BCUT2D eigenvalue weighted by Gasteiger charge is 2.15. The van der Waals surface area contributed by atoms with Crippen LogP contribution in [0.3, 0.4) is 0 Å². The first kappa shape index (κ1) is 10.7. The Morgan fingerprint density at radius 2 is 2.19 bits per heavy atom. The van der Waals surface area contributed by atoms with E-state index in [1.54, 1.807) is 14.0 Å². The number of carbonyl (C=O) groups is 1. The van der Waals surface area contributed by atoms with Crippen molar-refractivity contribution in [2.24, 2.45) is 7.05 Å². The molecule has 0 N–H and O–H groups in total. The number of rotatable bonds is 2. The smallest absolute Gasteiger partial charge is 0.155 e. The molecule has 2 aromatic heterocycles. The van der Waals surface area contributed by atoms with E-state index in [4.69, 9.17) is 11.6 Å². The summed E-state index contributed by atoms with van der Waals surface area (Å²) in [5.74, 6) is 0.492. The van der Waals surface area contributed by atoms with E-state index >= 15 is 0 Å². The van der Waals surface area contributed by atoms with Crippen LogP contribution >= 0.6 is 11.6 Å². The van der Waals surface area contributed by atoms with Gasteiger partial charge in [0, 0.05) is 7.05 Å². The topological polar surface area (TPSA) is 73.6 Å². The largest absolute Gasteiger partial charge is 0.298 e. The average molecular weight is 238 g/mol. The van der Waals surface area contributed by atoms with Crippen molar-refractivity contribution in [1.82, 2.24) is 25.0 Å². The van der Waals surface area contributed by atoms with Gasteiger partial charge in [0.25, 0.3) is 0 Å². The summed E-state index contributed by atoms with van der Waals surface area (Å²) in [5.41, 5.74) is 1.31. The van der Waals surface area contributed by atoms with Crippen LogP contribution in [0.4, 0.5) is 0 Å². The van der Waals surface area contributed by atoms with E-state index in [1.807, 2.05) is 0 Å². The van der Waals surface area contributed by atoms with Crippen LogP contribution in [-0.4, -0.2) is 31.2 Å². The number of aldehydes is 1. The van der Waals surface area contributed by atoms with Gasteiger partial charge in [0.1, 0.15) is 22.4 Å². The number of aryl methyl sites for hydroxylation is 2. The van der Waals surface area contributed by atoms with E-state index in [9.17, 15) is 4.79 Å². The highest BCUT2D eigenvalue weighted by atomic mass is 35.5. The molecule has 7 heteroatoms. The van der Waals surface area contributed by atoms with Crippen LogP contribution < -0.4 is 0 Å². The molecule has 0 aromatic carbocycles. The van der Waals surface area contributed by atoms with Gasteiger partial charge in [-0.2, -0.15) is 0 Å². The van der Waals surface area contributed by atoms with Crippen molar-refractivity contribution in [1.29, 1.82) is 0 Å². The molecule has 0 spiro atoms. The minimum Gasteiger partial charge on any atom is -0.298 e. The summed E-state index contributed by atoms with van der Waals surface area (Å²) in [7, 11) is 1.71. The number of carbonyl (C=O) groups excluding carboxylic acids is 1. The van der Waals surface area contributed by atoms with Gasteiger partial charge in [0.2, 0.25) is 0 Å². The zero-order chi connectivity index (χ0) is 11.7. The zero-order valence-electron chi connectivity index (χ0n) is 8.68. The minimum absolute atomic E-state index is 0.138. The molecule has 0 aliphatic heterocycles. The fourth-order valence-electron chi connectivity index (χ4n) is 1.35. The fourth-order valence-corrected chi connectivity index (χ4v) is 1.61. The lowest BCUT2D eigenvalue weighted by molar-refractivity contribution is 0.112. The van der Waals surface area contributed by atoms with Crippen LogP contribution in [0.2, 0.25) is 5.15 Å². The van der Waals surface area contributed by atoms with Gasteiger partial charge in [-0.3, -0.25) is 4.79 Å². The van der Waals surface area contributed by atoms with E-state index in [1.165, 1.54) is 10.9 Å². The Morgan fingerprint density at radius 3 is 2.75 bits per heavy atom. The fraction of sp³-hybridized carbons (Fsp3) is 0.222. The van der Waals surface area contributed by atoms with Gasteiger partial charge < -0.3 is 0 Å². The van der Waals surface area contributed by atoms with Crippen molar-refractivity contribution >= 4 is 17.9 Å². The van der Waals surface area contributed by atoms with Crippen molar-refractivity contribution < 1.29 is 4.79 Å². The van der Waals surface area contributed by atoms with E-state index in [2.05, 4.69) is 20.3 Å². The zero-order valence-corrected chi connectivity index (χ0v) is 9.43. The summed E-state index contributed by atoms with van der Waals surface area (Å²) in [4.78, 5) is 19.0. The quantitative estimate of drug-likeness (QED) is 0.577. The first-order valence-electron chi connectivity index (χ1n) is 4.48. The summed E-state index contributed by atoms with van der Waals surface area (Å²) < 4.78 is 1.52. The molecule has 82 valence electrons. The lowest BCUT2D eigenvalue weighted by Gasteiger charge is -2.05. The molecule has 0 amide bonds. The van der Waals surface area contributed by atoms with Crippen LogP contribution in [-0.2, 0) is 7.05 Å². The van der Waals surface area contributed by atoms with Crippen LogP contribution in [0.5, 0.6) is 0 Å². The summed E-state index contributed by atoms with van der Waals surface area (Å²) in [5, 5.41) is 7.64. The molecule has 0 saturated carbocycles. The van der Waals surface area contributed by atoms with E-state index in [0.717, 1.165) is 0 Å². The summed E-state index contributed by atoms with van der Waals surface area (Å²) in [6.07, 6.45) is 2.15. The van der Waals surface area contributed by atoms with Gasteiger partial charge in [-0.15, -0.1) is 5.10 Å². The highest BCUT2D eigenvalue weighted by Crippen LogP contribution is 2.23. The van der Waals surface area contributed by atoms with Gasteiger partial charge in [0.05, 0.1) is 11.8 Å². The molecule has 16 heavy (non-hydrogen) atoms. The van der Waals surface area contributed by atoms with Crippen molar-refractivity contribution in [3.8, 4) is 11.4 Å². The first-order valence-corrected chi connectivity index (χ1v) is 4.85. The molecule has 2 heterocycles. The van der Waals surface area contributed by atoms with Gasteiger partial charge in [-0.1, -0.05) is 16.8 Å². The normalized spacial score (nSPS) is 10.4. The van der Waals surface area contributed by atoms with E-state index in [-0.39, 0.29) is 10.7 Å². The molecule has 2 rings (SSSR count).